The summed E-state index contributed by atoms with van der Waals surface area (Å²) in [6, 6.07) is 16.7. The van der Waals surface area contributed by atoms with Crippen LogP contribution >= 0.6 is 15.9 Å². The van der Waals surface area contributed by atoms with E-state index in [1.807, 2.05) is 0 Å². The molecule has 2 aromatic carbocycles. The molecule has 0 N–H and O–H groups in total. The van der Waals surface area contributed by atoms with Crippen LogP contribution in [-0.2, 0) is 14.2 Å². The molecule has 0 aliphatic carbocycles. The van der Waals surface area contributed by atoms with Gasteiger partial charge in [-0.15, -0.1) is 0 Å². The number of benzene rings is 2. The van der Waals surface area contributed by atoms with Gasteiger partial charge in [0.05, 0.1) is 17.2 Å². The van der Waals surface area contributed by atoms with Crippen LogP contribution < -0.4 is 0 Å². The molecule has 0 amide bonds. The molecule has 3 rings (SSSR count). The van der Waals surface area contributed by atoms with Crippen LogP contribution in [0.3, 0.4) is 0 Å². The van der Waals surface area contributed by atoms with Crippen molar-refractivity contribution in [2.75, 3.05) is 0 Å². The maximum Gasteiger partial charge on any atom is 0.338 e. The van der Waals surface area contributed by atoms with E-state index in [0.717, 1.165) is 0 Å². The topological polar surface area (TPSA) is 61.8 Å². The number of hydrogen-bond acceptors (Lipinski definition) is 5. The van der Waals surface area contributed by atoms with Crippen molar-refractivity contribution in [3.63, 3.8) is 0 Å². The van der Waals surface area contributed by atoms with E-state index in [-0.39, 0.29) is 0 Å². The zero-order valence-electron chi connectivity index (χ0n) is 14.5. The first-order valence-electron chi connectivity index (χ1n) is 8.43. The summed E-state index contributed by atoms with van der Waals surface area (Å²) < 4.78 is 30.4. The Morgan fingerprint density at radius 2 is 1.33 bits per heavy atom. The molecular formula is C20H18BrFO5. The minimum Gasteiger partial charge on any atom is -0.453 e. The standard InChI is InChI=1S/C20H18BrFO5/c1-12-16(26-19(23)13-8-4-2-5-9-13)17(15(21)18(22)25-12)27-20(24)14-10-6-3-7-11-14/h2-12,15-18H,1H3/t12-,15+,16+,17-,18-/m1/s1. The number of rotatable bonds is 4. The Labute approximate surface area is 164 Å². The number of carbonyl (C=O) groups is 2. The summed E-state index contributed by atoms with van der Waals surface area (Å²) in [6.45, 7) is 1.57. The average molecular weight is 437 g/mol. The number of halogens is 2. The number of carbonyl (C=O) groups excluding carboxylic acids is 2. The third kappa shape index (κ3) is 4.54. The fourth-order valence-corrected chi connectivity index (χ4v) is 3.32. The van der Waals surface area contributed by atoms with Gasteiger partial charge in [-0.05, 0) is 31.2 Å². The number of alkyl halides is 2. The quantitative estimate of drug-likeness (QED) is 0.536. The molecule has 1 aliphatic rings. The lowest BCUT2D eigenvalue weighted by molar-refractivity contribution is -0.194. The van der Waals surface area contributed by atoms with Crippen molar-refractivity contribution in [3.8, 4) is 0 Å². The smallest absolute Gasteiger partial charge is 0.338 e. The van der Waals surface area contributed by atoms with Gasteiger partial charge in [-0.1, -0.05) is 52.3 Å². The second kappa shape index (κ2) is 8.63. The summed E-state index contributed by atoms with van der Waals surface area (Å²) in [5, 5.41) is 0. The van der Waals surface area contributed by atoms with Crippen LogP contribution in [0.15, 0.2) is 60.7 Å². The predicted octanol–water partition coefficient (Wildman–Crippen LogP) is 3.92. The fourth-order valence-electron chi connectivity index (χ4n) is 2.78. The molecule has 0 spiro atoms. The Hall–Kier alpha value is -2.25. The third-order valence-electron chi connectivity index (χ3n) is 4.20. The molecule has 5 atom stereocenters. The molecule has 5 nitrogen and oxygen atoms in total. The van der Waals surface area contributed by atoms with Crippen molar-refractivity contribution in [2.45, 2.75) is 36.4 Å². The maximum atomic E-state index is 14.2. The third-order valence-corrected chi connectivity index (χ3v) is 5.14. The van der Waals surface area contributed by atoms with Crippen molar-refractivity contribution in [3.05, 3.63) is 71.8 Å². The molecule has 1 saturated heterocycles. The van der Waals surface area contributed by atoms with Gasteiger partial charge in [-0.3, -0.25) is 0 Å². The van der Waals surface area contributed by atoms with Crippen molar-refractivity contribution in [2.24, 2.45) is 0 Å². The van der Waals surface area contributed by atoms with E-state index in [1.165, 1.54) is 0 Å². The van der Waals surface area contributed by atoms with Crippen molar-refractivity contribution in [1.29, 1.82) is 0 Å². The van der Waals surface area contributed by atoms with Gasteiger partial charge in [0.1, 0.15) is 4.83 Å². The SMILES string of the molecule is C[C@H]1O[C@@H](F)[C@@H](Br)[C@@H](OC(=O)c2ccccc2)[C@H]1OC(=O)c1ccccc1. The van der Waals surface area contributed by atoms with E-state index in [4.69, 9.17) is 14.2 Å². The Morgan fingerprint density at radius 3 is 1.81 bits per heavy atom. The lowest BCUT2D eigenvalue weighted by Gasteiger charge is -2.39. The van der Waals surface area contributed by atoms with Gasteiger partial charge >= 0.3 is 11.9 Å². The van der Waals surface area contributed by atoms with Crippen LogP contribution in [0.25, 0.3) is 0 Å². The molecule has 0 aromatic heterocycles. The molecule has 1 heterocycles. The van der Waals surface area contributed by atoms with Crippen molar-refractivity contribution >= 4 is 27.9 Å². The van der Waals surface area contributed by atoms with Crippen LogP contribution in [0.1, 0.15) is 27.6 Å². The minimum absolute atomic E-state index is 0.319. The lowest BCUT2D eigenvalue weighted by atomic mass is 10.0. The summed E-state index contributed by atoms with van der Waals surface area (Å²) >= 11 is 3.17. The highest BCUT2D eigenvalue weighted by Gasteiger charge is 2.48. The molecule has 0 saturated carbocycles. The van der Waals surface area contributed by atoms with Crippen LogP contribution in [-0.4, -0.2) is 41.4 Å². The van der Waals surface area contributed by atoms with E-state index in [2.05, 4.69) is 15.9 Å². The molecular weight excluding hydrogens is 419 g/mol. The normalized spacial score (nSPS) is 27.6. The summed E-state index contributed by atoms with van der Waals surface area (Å²) in [6.07, 6.45) is -4.53. The Morgan fingerprint density at radius 1 is 0.889 bits per heavy atom. The minimum atomic E-state index is -1.71. The van der Waals surface area contributed by atoms with Gasteiger partial charge in [-0.25, -0.2) is 14.0 Å². The van der Waals surface area contributed by atoms with Gasteiger partial charge in [0.15, 0.2) is 12.2 Å². The van der Waals surface area contributed by atoms with E-state index in [0.29, 0.717) is 11.1 Å². The highest BCUT2D eigenvalue weighted by molar-refractivity contribution is 9.09. The Bertz CT molecular complexity index is 785. The van der Waals surface area contributed by atoms with Gasteiger partial charge in [0.25, 0.3) is 0 Å². The molecule has 0 radical (unpaired) electrons. The fraction of sp³-hybridized carbons (Fsp3) is 0.300. The zero-order valence-corrected chi connectivity index (χ0v) is 16.0. The summed E-state index contributed by atoms with van der Waals surface area (Å²) in [5.41, 5.74) is 0.659. The number of ether oxygens (including phenoxy) is 3. The molecule has 27 heavy (non-hydrogen) atoms. The molecule has 0 bridgehead atoms. The second-order valence-electron chi connectivity index (χ2n) is 6.11. The van der Waals surface area contributed by atoms with Gasteiger partial charge < -0.3 is 14.2 Å². The van der Waals surface area contributed by atoms with E-state index >= 15 is 0 Å². The first-order valence-corrected chi connectivity index (χ1v) is 9.34. The van der Waals surface area contributed by atoms with E-state index in [1.54, 1.807) is 67.6 Å². The predicted molar refractivity (Wildman–Crippen MR) is 99.4 cm³/mol. The van der Waals surface area contributed by atoms with Gasteiger partial charge in [-0.2, -0.15) is 0 Å². The lowest BCUT2D eigenvalue weighted by Crippen LogP contribution is -2.56. The summed E-state index contributed by atoms with van der Waals surface area (Å²) in [4.78, 5) is 23.9. The molecule has 142 valence electrons. The second-order valence-corrected chi connectivity index (χ2v) is 7.17. The first-order chi connectivity index (χ1) is 13.0. The Kier molecular flexibility index (Phi) is 6.23. The molecule has 7 heteroatoms. The van der Waals surface area contributed by atoms with E-state index < -0.39 is 41.4 Å². The monoisotopic (exact) mass is 436 g/mol. The van der Waals surface area contributed by atoms with Crippen LogP contribution in [0, 0.1) is 0 Å². The number of esters is 2. The maximum absolute atomic E-state index is 14.2. The zero-order chi connectivity index (χ0) is 19.4. The van der Waals surface area contributed by atoms with Crippen molar-refractivity contribution in [1.82, 2.24) is 0 Å². The molecule has 0 unspecified atom stereocenters. The van der Waals surface area contributed by atoms with Gasteiger partial charge in [0, 0.05) is 0 Å². The molecule has 2 aromatic rings. The molecule has 1 aliphatic heterocycles. The Balaban J connectivity index is 1.80. The summed E-state index contributed by atoms with van der Waals surface area (Å²) in [7, 11) is 0. The largest absolute Gasteiger partial charge is 0.453 e. The highest BCUT2D eigenvalue weighted by Crippen LogP contribution is 2.32. The van der Waals surface area contributed by atoms with Crippen LogP contribution in [0.2, 0.25) is 0 Å². The van der Waals surface area contributed by atoms with E-state index in [9.17, 15) is 14.0 Å². The average Bonchev–Trinajstić information content (AvgIpc) is 2.69. The van der Waals surface area contributed by atoms with Crippen LogP contribution in [0.4, 0.5) is 4.39 Å². The highest BCUT2D eigenvalue weighted by atomic mass is 79.9. The van der Waals surface area contributed by atoms with Gasteiger partial charge in [0.2, 0.25) is 6.36 Å². The first kappa shape index (κ1) is 19.5. The van der Waals surface area contributed by atoms with Crippen molar-refractivity contribution < 1.29 is 28.2 Å². The molecule has 1 fully saturated rings. The summed E-state index contributed by atoms with van der Waals surface area (Å²) in [5.74, 6) is -1.24. The number of hydrogen-bond donors (Lipinski definition) is 0. The van der Waals surface area contributed by atoms with Crippen LogP contribution in [0.5, 0.6) is 0 Å².